The van der Waals surface area contributed by atoms with Crippen LogP contribution in [0.15, 0.2) is 158 Å². The average Bonchev–Trinajstić information content (AvgIpc) is 3.90. The van der Waals surface area contributed by atoms with E-state index in [1.807, 2.05) is 0 Å². The van der Waals surface area contributed by atoms with Gasteiger partial charge in [0, 0.05) is 48.7 Å². The molecule has 0 atom stereocenters. The number of hydrogen-bond acceptors (Lipinski definition) is 0. The molecule has 0 N–H and O–H groups in total. The van der Waals surface area contributed by atoms with E-state index in [-0.39, 0.29) is 0 Å². The van der Waals surface area contributed by atoms with E-state index in [1.54, 1.807) is 0 Å². The summed E-state index contributed by atoms with van der Waals surface area (Å²) in [5, 5.41) is 10.6. The number of hydrogen-bond donors (Lipinski definition) is 0. The zero-order valence-corrected chi connectivity index (χ0v) is 26.9. The Kier molecular flexibility index (Phi) is 4.41. The molecule has 4 aromatic heterocycles. The molecule has 8 aromatic carbocycles. The summed E-state index contributed by atoms with van der Waals surface area (Å²) in [6, 6.07) is 59.0. The van der Waals surface area contributed by atoms with E-state index < -0.39 is 0 Å². The van der Waals surface area contributed by atoms with Crippen molar-refractivity contribution in [2.24, 2.45) is 0 Å². The van der Waals surface area contributed by atoms with Crippen LogP contribution >= 0.6 is 0 Å². The lowest BCUT2D eigenvalue weighted by atomic mass is 9.79. The molecule has 0 radical (unpaired) electrons. The molecule has 0 saturated carbocycles. The van der Waals surface area contributed by atoms with Gasteiger partial charge in [0.1, 0.15) is 0 Å². The van der Waals surface area contributed by atoms with E-state index in [2.05, 4.69) is 167 Å². The molecule has 2 nitrogen and oxygen atoms in total. The predicted molar refractivity (Wildman–Crippen MR) is 211 cm³/mol. The quantitative estimate of drug-likeness (QED) is 0.158. The van der Waals surface area contributed by atoms with E-state index >= 15 is 0 Å². The van der Waals surface area contributed by atoms with Crippen LogP contribution in [0.25, 0.3) is 121 Å². The molecule has 0 saturated heterocycles. The lowest BCUT2D eigenvalue weighted by Crippen LogP contribution is -1.97. The number of nitrogens with zero attached hydrogens (tertiary/aromatic N) is 2. The number of rotatable bonds is 0. The Hall–Kier alpha value is -6.64. The van der Waals surface area contributed by atoms with E-state index in [9.17, 15) is 0 Å². The molecule has 0 spiro atoms. The van der Waals surface area contributed by atoms with Crippen molar-refractivity contribution in [3.63, 3.8) is 0 Å². The molecule has 50 heavy (non-hydrogen) atoms. The topological polar surface area (TPSA) is 8.82 Å². The smallest absolute Gasteiger partial charge is 0.0628 e. The maximum absolute atomic E-state index is 2.58. The van der Waals surface area contributed by atoms with Gasteiger partial charge in [0.15, 0.2) is 0 Å². The number of benzene rings is 8. The monoisotopic (exact) mass is 630 g/mol. The molecule has 0 fully saturated rings. The van der Waals surface area contributed by atoms with Crippen LogP contribution in [-0.2, 0) is 0 Å². The Morgan fingerprint density at radius 1 is 0.260 bits per heavy atom. The molecule has 4 heterocycles. The third-order valence-corrected chi connectivity index (χ3v) is 11.7. The maximum Gasteiger partial charge on any atom is 0.0628 e. The molecule has 13 rings (SSSR count). The van der Waals surface area contributed by atoms with Crippen molar-refractivity contribution >= 4 is 76.2 Å². The van der Waals surface area contributed by atoms with E-state index in [0.717, 1.165) is 0 Å². The second-order valence-corrected chi connectivity index (χ2v) is 14.0. The van der Waals surface area contributed by atoms with Gasteiger partial charge in [0.25, 0.3) is 0 Å². The Bertz CT molecular complexity index is 3430. The third kappa shape index (κ3) is 2.79. The van der Waals surface area contributed by atoms with Gasteiger partial charge in [0.05, 0.1) is 33.1 Å². The molecule has 0 aliphatic heterocycles. The molecule has 12 aromatic rings. The first-order valence-corrected chi connectivity index (χ1v) is 17.5. The highest BCUT2D eigenvalue weighted by atomic mass is 14.9. The largest absolute Gasteiger partial charge is 0.308 e. The number of aromatic nitrogens is 2. The lowest BCUT2D eigenvalue weighted by molar-refractivity contribution is 1.37. The van der Waals surface area contributed by atoms with Gasteiger partial charge in [-0.15, -0.1) is 0 Å². The van der Waals surface area contributed by atoms with Gasteiger partial charge >= 0.3 is 0 Å². The van der Waals surface area contributed by atoms with Crippen molar-refractivity contribution < 1.29 is 0 Å². The summed E-state index contributed by atoms with van der Waals surface area (Å²) in [5.41, 5.74) is 18.0. The minimum absolute atomic E-state index is 1.26. The van der Waals surface area contributed by atoms with Crippen molar-refractivity contribution in [1.29, 1.82) is 0 Å². The molecule has 1 aliphatic carbocycles. The molecule has 0 bridgehead atoms. The zero-order chi connectivity index (χ0) is 32.2. The second kappa shape index (κ2) is 8.68. The van der Waals surface area contributed by atoms with Gasteiger partial charge in [-0.3, -0.25) is 0 Å². The highest BCUT2D eigenvalue weighted by Crippen LogP contribution is 2.56. The van der Waals surface area contributed by atoms with Crippen molar-refractivity contribution in [2.45, 2.75) is 0 Å². The van der Waals surface area contributed by atoms with E-state index in [0.29, 0.717) is 0 Å². The SMILES string of the molecule is c1ccc2c(c1)-c1ccccc1-c1cc3c4ccccc4n4c5cc6c7ccccc7n7c8ccccc8c(c5c(c1-c1ccccc1-2)c34)c67. The van der Waals surface area contributed by atoms with Crippen LogP contribution < -0.4 is 0 Å². The lowest BCUT2D eigenvalue weighted by Gasteiger charge is -2.24. The summed E-state index contributed by atoms with van der Waals surface area (Å²) in [4.78, 5) is 0. The fourth-order valence-corrected chi connectivity index (χ4v) is 9.89. The Morgan fingerprint density at radius 2 is 0.660 bits per heavy atom. The van der Waals surface area contributed by atoms with Crippen molar-refractivity contribution in [3.8, 4) is 44.5 Å². The normalized spacial score (nSPS) is 12.8. The standard InChI is InChI=1S/C48H26N2/c1-2-14-28-27(13-1)29-15-3-4-17-31(29)36-25-37-32-18-7-11-23-40(32)50-42-26-38-33-19-8-10-22-39(33)49-41-24-12-9-21-35(41)44(47(38)49)45(42)46(48(37)50)43(36)34-20-6-5-16-30(28)34/h1-26H. The van der Waals surface area contributed by atoms with Crippen LogP contribution in [0.2, 0.25) is 0 Å². The fraction of sp³-hybridized carbons (Fsp3) is 0. The summed E-state index contributed by atoms with van der Waals surface area (Å²) >= 11 is 0. The van der Waals surface area contributed by atoms with Gasteiger partial charge in [0.2, 0.25) is 0 Å². The van der Waals surface area contributed by atoms with Crippen LogP contribution in [0, 0.1) is 0 Å². The van der Waals surface area contributed by atoms with E-state index in [4.69, 9.17) is 0 Å². The highest BCUT2D eigenvalue weighted by Gasteiger charge is 2.31. The number of fused-ring (bicyclic) bond motifs is 22. The molecule has 228 valence electrons. The van der Waals surface area contributed by atoms with Gasteiger partial charge in [-0.05, 0) is 69.3 Å². The first kappa shape index (κ1) is 25.4. The molecule has 1 aliphatic rings. The molecule has 0 unspecified atom stereocenters. The average molecular weight is 631 g/mol. The second-order valence-electron chi connectivity index (χ2n) is 14.0. The fourth-order valence-electron chi connectivity index (χ4n) is 9.89. The summed E-state index contributed by atoms with van der Waals surface area (Å²) in [7, 11) is 0. The van der Waals surface area contributed by atoms with Crippen molar-refractivity contribution in [2.75, 3.05) is 0 Å². The Balaban J connectivity index is 1.40. The van der Waals surface area contributed by atoms with E-state index in [1.165, 1.54) is 121 Å². The van der Waals surface area contributed by atoms with Crippen LogP contribution in [0.1, 0.15) is 0 Å². The van der Waals surface area contributed by atoms with Crippen LogP contribution in [0.3, 0.4) is 0 Å². The molecular formula is C48H26N2. The zero-order valence-electron chi connectivity index (χ0n) is 26.9. The van der Waals surface area contributed by atoms with Crippen LogP contribution in [-0.4, -0.2) is 8.80 Å². The summed E-state index contributed by atoms with van der Waals surface area (Å²) in [5.74, 6) is 0. The minimum atomic E-state index is 1.26. The summed E-state index contributed by atoms with van der Waals surface area (Å²) < 4.78 is 5.10. The molecular weight excluding hydrogens is 605 g/mol. The Morgan fingerprint density at radius 3 is 1.26 bits per heavy atom. The minimum Gasteiger partial charge on any atom is -0.308 e. The predicted octanol–water partition coefficient (Wildman–Crippen LogP) is 13.0. The Labute approximate surface area is 286 Å². The van der Waals surface area contributed by atoms with Crippen LogP contribution in [0.4, 0.5) is 0 Å². The van der Waals surface area contributed by atoms with Gasteiger partial charge < -0.3 is 8.80 Å². The first-order valence-electron chi connectivity index (χ1n) is 17.5. The van der Waals surface area contributed by atoms with Crippen molar-refractivity contribution in [1.82, 2.24) is 8.80 Å². The molecule has 2 heteroatoms. The van der Waals surface area contributed by atoms with Gasteiger partial charge in [-0.1, -0.05) is 127 Å². The number of para-hydroxylation sites is 3. The molecule has 0 amide bonds. The maximum atomic E-state index is 2.58. The first-order chi connectivity index (χ1) is 24.9. The van der Waals surface area contributed by atoms with Gasteiger partial charge in [-0.2, -0.15) is 0 Å². The third-order valence-electron chi connectivity index (χ3n) is 11.7. The summed E-state index contributed by atoms with van der Waals surface area (Å²) in [6.45, 7) is 0. The van der Waals surface area contributed by atoms with Crippen LogP contribution in [0.5, 0.6) is 0 Å². The summed E-state index contributed by atoms with van der Waals surface area (Å²) in [6.07, 6.45) is 0. The highest BCUT2D eigenvalue weighted by molar-refractivity contribution is 6.40. The van der Waals surface area contributed by atoms with Gasteiger partial charge in [-0.25, -0.2) is 0 Å². The van der Waals surface area contributed by atoms with Crippen molar-refractivity contribution in [3.05, 3.63) is 158 Å².